The van der Waals surface area contributed by atoms with Crippen molar-refractivity contribution in [3.8, 4) is 0 Å². The van der Waals surface area contributed by atoms with Crippen LogP contribution in [0.1, 0.15) is 52.4 Å². The molecule has 7 heteroatoms. The highest BCUT2D eigenvalue weighted by atomic mass is 32.2. The average Bonchev–Trinajstić information content (AvgIpc) is 2.87. The van der Waals surface area contributed by atoms with E-state index in [1.54, 1.807) is 0 Å². The molecule has 144 valence electrons. The predicted molar refractivity (Wildman–Crippen MR) is 97.2 cm³/mol. The van der Waals surface area contributed by atoms with Gasteiger partial charge in [0.25, 0.3) is 0 Å². The molecule has 0 aromatic heterocycles. The van der Waals surface area contributed by atoms with Gasteiger partial charge in [-0.25, -0.2) is 8.42 Å². The van der Waals surface area contributed by atoms with Crippen LogP contribution in [0.25, 0.3) is 0 Å². The Hall–Kier alpha value is -0.660. The number of hydrogen-bond donors (Lipinski definition) is 0. The summed E-state index contributed by atoms with van der Waals surface area (Å²) in [7, 11) is -2.99. The number of nitrogens with zero attached hydrogens (tertiary/aromatic N) is 2. The Labute approximate surface area is 151 Å². The van der Waals surface area contributed by atoms with Gasteiger partial charge in [0.15, 0.2) is 9.84 Å². The first-order chi connectivity index (χ1) is 11.8. The summed E-state index contributed by atoms with van der Waals surface area (Å²) in [5.41, 5.74) is 0. The van der Waals surface area contributed by atoms with Gasteiger partial charge in [-0.1, -0.05) is 19.3 Å². The number of rotatable bonds is 4. The monoisotopic (exact) mass is 372 g/mol. The standard InChI is InChI=1S/C18H32N2O4S/c1-14-10-19(11-15(2)24-14)12-18(21)20(16-6-4-3-5-7-16)17-8-9-25(22,23)13-17/h14-17H,3-13H2,1-2H3/t14-,15+,17-/m1/s1. The van der Waals surface area contributed by atoms with E-state index in [-0.39, 0.29) is 41.7 Å². The molecule has 6 nitrogen and oxygen atoms in total. The Morgan fingerprint density at radius 1 is 1.04 bits per heavy atom. The van der Waals surface area contributed by atoms with Gasteiger partial charge in [-0.15, -0.1) is 0 Å². The van der Waals surface area contributed by atoms with Crippen LogP contribution in [0.2, 0.25) is 0 Å². The van der Waals surface area contributed by atoms with E-state index in [1.165, 1.54) is 6.42 Å². The van der Waals surface area contributed by atoms with Crippen molar-refractivity contribution in [2.45, 2.75) is 76.7 Å². The zero-order valence-corrected chi connectivity index (χ0v) is 16.3. The molecule has 3 aliphatic rings. The molecular weight excluding hydrogens is 340 g/mol. The van der Waals surface area contributed by atoms with Gasteiger partial charge in [-0.3, -0.25) is 9.69 Å². The minimum absolute atomic E-state index is 0.107. The van der Waals surface area contributed by atoms with E-state index in [0.717, 1.165) is 38.8 Å². The Morgan fingerprint density at radius 2 is 1.68 bits per heavy atom. The van der Waals surface area contributed by atoms with E-state index in [1.807, 2.05) is 18.7 Å². The molecule has 3 fully saturated rings. The Kier molecular flexibility index (Phi) is 6.06. The normalized spacial score (nSPS) is 34.1. The summed E-state index contributed by atoms with van der Waals surface area (Å²) in [5, 5.41) is 0. The molecule has 1 aliphatic carbocycles. The highest BCUT2D eigenvalue weighted by Gasteiger charge is 2.39. The number of carbonyl (C=O) groups excluding carboxylic acids is 1. The van der Waals surface area contributed by atoms with Crippen molar-refractivity contribution < 1.29 is 17.9 Å². The summed E-state index contributed by atoms with van der Waals surface area (Å²) in [6.45, 7) is 5.98. The molecule has 0 N–H and O–H groups in total. The maximum Gasteiger partial charge on any atom is 0.237 e. The molecule has 0 aromatic carbocycles. The van der Waals surface area contributed by atoms with Crippen molar-refractivity contribution in [3.63, 3.8) is 0 Å². The first-order valence-corrected chi connectivity index (χ1v) is 11.6. The number of sulfone groups is 1. The number of ether oxygens (including phenoxy) is 1. The molecule has 2 heterocycles. The fraction of sp³-hybridized carbons (Fsp3) is 0.944. The number of hydrogen-bond acceptors (Lipinski definition) is 5. The molecule has 0 aromatic rings. The minimum Gasteiger partial charge on any atom is -0.373 e. The Balaban J connectivity index is 1.70. The van der Waals surface area contributed by atoms with Crippen molar-refractivity contribution >= 4 is 15.7 Å². The summed E-state index contributed by atoms with van der Waals surface area (Å²) in [5.74, 6) is 0.473. The van der Waals surface area contributed by atoms with Crippen LogP contribution in [-0.2, 0) is 19.4 Å². The molecule has 25 heavy (non-hydrogen) atoms. The largest absolute Gasteiger partial charge is 0.373 e. The number of carbonyl (C=O) groups is 1. The third-order valence-electron chi connectivity index (χ3n) is 5.71. The fourth-order valence-electron chi connectivity index (χ4n) is 4.75. The van der Waals surface area contributed by atoms with E-state index in [9.17, 15) is 13.2 Å². The van der Waals surface area contributed by atoms with Crippen LogP contribution in [0, 0.1) is 0 Å². The van der Waals surface area contributed by atoms with Crippen LogP contribution in [0.15, 0.2) is 0 Å². The zero-order chi connectivity index (χ0) is 18.0. The van der Waals surface area contributed by atoms with E-state index in [2.05, 4.69) is 4.90 Å². The third kappa shape index (κ3) is 4.95. The SMILES string of the molecule is C[C@@H]1CN(CC(=O)N(C2CCCCC2)[C@@H]2CCS(=O)(=O)C2)C[C@H](C)O1. The molecule has 0 spiro atoms. The van der Waals surface area contributed by atoms with Gasteiger partial charge >= 0.3 is 0 Å². The molecular formula is C18H32N2O4S. The highest BCUT2D eigenvalue weighted by molar-refractivity contribution is 7.91. The molecule has 1 saturated carbocycles. The maximum atomic E-state index is 13.2. The Bertz CT molecular complexity index is 564. The second-order valence-corrected chi connectivity index (χ2v) is 10.3. The van der Waals surface area contributed by atoms with Crippen molar-refractivity contribution in [1.82, 2.24) is 9.80 Å². The van der Waals surface area contributed by atoms with Gasteiger partial charge < -0.3 is 9.64 Å². The van der Waals surface area contributed by atoms with E-state index >= 15 is 0 Å². The molecule has 3 atom stereocenters. The van der Waals surface area contributed by atoms with Crippen LogP contribution >= 0.6 is 0 Å². The van der Waals surface area contributed by atoms with Crippen LogP contribution in [0.4, 0.5) is 0 Å². The smallest absolute Gasteiger partial charge is 0.237 e. The fourth-order valence-corrected chi connectivity index (χ4v) is 6.46. The molecule has 0 radical (unpaired) electrons. The molecule has 1 amide bonds. The first-order valence-electron chi connectivity index (χ1n) is 9.73. The lowest BCUT2D eigenvalue weighted by molar-refractivity contribution is -0.141. The quantitative estimate of drug-likeness (QED) is 0.747. The van der Waals surface area contributed by atoms with Crippen LogP contribution in [-0.4, -0.2) is 79.6 Å². The van der Waals surface area contributed by atoms with E-state index in [0.29, 0.717) is 13.0 Å². The maximum absolute atomic E-state index is 13.2. The minimum atomic E-state index is -2.99. The predicted octanol–water partition coefficient (Wildman–Crippen LogP) is 1.44. The van der Waals surface area contributed by atoms with Crippen LogP contribution in [0.5, 0.6) is 0 Å². The number of morpholine rings is 1. The molecule has 3 rings (SSSR count). The summed E-state index contributed by atoms with van der Waals surface area (Å²) < 4.78 is 29.7. The summed E-state index contributed by atoms with van der Waals surface area (Å²) in [4.78, 5) is 17.3. The van der Waals surface area contributed by atoms with Gasteiger partial charge in [0.2, 0.25) is 5.91 Å². The van der Waals surface area contributed by atoms with Crippen LogP contribution < -0.4 is 0 Å². The van der Waals surface area contributed by atoms with Gasteiger partial charge in [0.05, 0.1) is 30.3 Å². The number of amides is 1. The van der Waals surface area contributed by atoms with E-state index in [4.69, 9.17) is 4.74 Å². The summed E-state index contributed by atoms with van der Waals surface area (Å²) in [6.07, 6.45) is 6.38. The van der Waals surface area contributed by atoms with Gasteiger partial charge in [0, 0.05) is 25.2 Å². The summed E-state index contributed by atoms with van der Waals surface area (Å²) in [6, 6.07) is 0.0897. The molecule has 2 aliphatic heterocycles. The third-order valence-corrected chi connectivity index (χ3v) is 7.46. The lowest BCUT2D eigenvalue weighted by Gasteiger charge is -2.41. The van der Waals surface area contributed by atoms with Crippen LogP contribution in [0.3, 0.4) is 0 Å². The van der Waals surface area contributed by atoms with Crippen molar-refractivity contribution in [2.75, 3.05) is 31.1 Å². The molecule has 2 saturated heterocycles. The first kappa shape index (κ1) is 19.1. The van der Waals surface area contributed by atoms with Gasteiger partial charge in [-0.05, 0) is 33.1 Å². The van der Waals surface area contributed by atoms with Gasteiger partial charge in [-0.2, -0.15) is 0 Å². The lowest BCUT2D eigenvalue weighted by Crippen LogP contribution is -2.54. The summed E-state index contributed by atoms with van der Waals surface area (Å²) >= 11 is 0. The van der Waals surface area contributed by atoms with Gasteiger partial charge in [0.1, 0.15) is 0 Å². The molecule has 0 bridgehead atoms. The Morgan fingerprint density at radius 3 is 2.24 bits per heavy atom. The molecule has 0 unspecified atom stereocenters. The average molecular weight is 373 g/mol. The van der Waals surface area contributed by atoms with E-state index < -0.39 is 9.84 Å². The zero-order valence-electron chi connectivity index (χ0n) is 15.5. The lowest BCUT2D eigenvalue weighted by atomic mass is 9.92. The van der Waals surface area contributed by atoms with Crippen molar-refractivity contribution in [1.29, 1.82) is 0 Å². The van der Waals surface area contributed by atoms with Crippen molar-refractivity contribution in [3.05, 3.63) is 0 Å². The highest BCUT2D eigenvalue weighted by Crippen LogP contribution is 2.28. The second kappa shape index (κ2) is 7.92. The van der Waals surface area contributed by atoms with Crippen molar-refractivity contribution in [2.24, 2.45) is 0 Å². The second-order valence-electron chi connectivity index (χ2n) is 8.10. The topological polar surface area (TPSA) is 66.9 Å².